The molecule has 1 rings (SSSR count). The van der Waals surface area contributed by atoms with Crippen molar-refractivity contribution in [3.05, 3.63) is 28.2 Å². The molecule has 1 aromatic rings. The van der Waals surface area contributed by atoms with Crippen LogP contribution in [0.4, 0.5) is 5.69 Å². The fraction of sp³-hybridized carbons (Fsp3) is 0.300. The summed E-state index contributed by atoms with van der Waals surface area (Å²) in [6.45, 7) is -0.133. The first kappa shape index (κ1) is 16.0. The van der Waals surface area contributed by atoms with E-state index in [4.69, 9.17) is 28.3 Å². The number of anilines is 1. The molecule has 0 atom stereocenters. The van der Waals surface area contributed by atoms with E-state index >= 15 is 0 Å². The molecule has 0 heterocycles. The Morgan fingerprint density at radius 3 is 2.53 bits per heavy atom. The van der Waals surface area contributed by atoms with Crippen LogP contribution in [0.3, 0.4) is 0 Å². The van der Waals surface area contributed by atoms with Crippen LogP contribution in [-0.4, -0.2) is 37.4 Å². The largest absolute Gasteiger partial charge is 0.481 e. The van der Waals surface area contributed by atoms with Crippen molar-refractivity contribution in [2.24, 2.45) is 0 Å². The Bertz CT molecular complexity index is 577. The van der Waals surface area contributed by atoms with E-state index in [0.717, 1.165) is 4.31 Å². The van der Waals surface area contributed by atoms with E-state index in [9.17, 15) is 13.2 Å². The molecule has 9 heteroatoms. The van der Waals surface area contributed by atoms with Gasteiger partial charge in [0.25, 0.3) is 0 Å². The number of nitrogens with zero attached hydrogens (tertiary/aromatic N) is 1. The monoisotopic (exact) mass is 326 g/mol. The minimum atomic E-state index is -3.82. The number of benzene rings is 1. The summed E-state index contributed by atoms with van der Waals surface area (Å²) in [5.41, 5.74) is 0.247. The number of hydrogen-bond acceptors (Lipinski definition) is 3. The third-order valence-corrected chi connectivity index (χ3v) is 4.45. The number of aliphatic carboxylic acids is 1. The van der Waals surface area contributed by atoms with Crippen LogP contribution in [0.5, 0.6) is 0 Å². The van der Waals surface area contributed by atoms with Crippen LogP contribution >= 0.6 is 23.2 Å². The van der Waals surface area contributed by atoms with Gasteiger partial charge in [0.2, 0.25) is 0 Å². The Morgan fingerprint density at radius 1 is 1.37 bits per heavy atom. The molecule has 0 aromatic heterocycles. The lowest BCUT2D eigenvalue weighted by atomic mass is 10.3. The first-order valence-electron chi connectivity index (χ1n) is 5.13. The van der Waals surface area contributed by atoms with Crippen LogP contribution in [0.15, 0.2) is 18.2 Å². The van der Waals surface area contributed by atoms with E-state index in [2.05, 4.69) is 4.72 Å². The molecule has 0 saturated heterocycles. The zero-order valence-electron chi connectivity index (χ0n) is 9.93. The van der Waals surface area contributed by atoms with Gasteiger partial charge in [-0.15, -0.1) is 0 Å². The summed E-state index contributed by atoms with van der Waals surface area (Å²) in [5.74, 6) is -1.07. The quantitative estimate of drug-likeness (QED) is 0.837. The highest BCUT2D eigenvalue weighted by Gasteiger charge is 2.18. The molecular formula is C10H12Cl2N2O4S. The third kappa shape index (κ3) is 4.87. The van der Waals surface area contributed by atoms with Gasteiger partial charge in [-0.2, -0.15) is 12.7 Å². The first-order chi connectivity index (χ1) is 8.72. The van der Waals surface area contributed by atoms with Gasteiger partial charge in [-0.1, -0.05) is 23.2 Å². The zero-order chi connectivity index (χ0) is 14.6. The second-order valence-corrected chi connectivity index (χ2v) is 6.29. The number of halogens is 2. The van der Waals surface area contributed by atoms with Gasteiger partial charge in [-0.3, -0.25) is 9.52 Å². The summed E-state index contributed by atoms with van der Waals surface area (Å²) in [6, 6.07) is 4.28. The van der Waals surface area contributed by atoms with E-state index < -0.39 is 16.2 Å². The molecule has 0 aliphatic rings. The van der Waals surface area contributed by atoms with Gasteiger partial charge in [0.15, 0.2) is 0 Å². The normalized spacial score (nSPS) is 11.6. The van der Waals surface area contributed by atoms with Crippen molar-refractivity contribution in [1.29, 1.82) is 0 Å². The molecule has 106 valence electrons. The molecule has 0 spiro atoms. The Hall–Kier alpha value is -1.02. The number of hydrogen-bond donors (Lipinski definition) is 2. The van der Waals surface area contributed by atoms with E-state index in [1.54, 1.807) is 0 Å². The van der Waals surface area contributed by atoms with Gasteiger partial charge >= 0.3 is 16.2 Å². The molecule has 0 unspecified atom stereocenters. The fourth-order valence-electron chi connectivity index (χ4n) is 1.16. The van der Waals surface area contributed by atoms with Crippen molar-refractivity contribution in [3.8, 4) is 0 Å². The Kier molecular flexibility index (Phi) is 5.42. The van der Waals surface area contributed by atoms with Crippen LogP contribution in [-0.2, 0) is 15.0 Å². The van der Waals surface area contributed by atoms with Gasteiger partial charge in [-0.05, 0) is 18.2 Å². The maximum atomic E-state index is 11.9. The number of nitrogens with one attached hydrogen (secondary N) is 1. The molecule has 0 aliphatic carbocycles. The summed E-state index contributed by atoms with van der Waals surface area (Å²) in [4.78, 5) is 10.4. The van der Waals surface area contributed by atoms with E-state index in [0.29, 0.717) is 5.02 Å². The van der Waals surface area contributed by atoms with Gasteiger partial charge in [0.05, 0.1) is 22.2 Å². The summed E-state index contributed by atoms with van der Waals surface area (Å²) in [5, 5.41) is 9.04. The summed E-state index contributed by atoms with van der Waals surface area (Å²) in [6.07, 6.45) is -0.279. The van der Waals surface area contributed by atoms with Crippen LogP contribution in [0.1, 0.15) is 6.42 Å². The predicted molar refractivity (Wildman–Crippen MR) is 73.9 cm³/mol. The van der Waals surface area contributed by atoms with Crippen molar-refractivity contribution in [3.63, 3.8) is 0 Å². The molecule has 2 N–H and O–H groups in total. The zero-order valence-corrected chi connectivity index (χ0v) is 12.3. The highest BCUT2D eigenvalue weighted by molar-refractivity contribution is 7.90. The second-order valence-electron chi connectivity index (χ2n) is 3.70. The number of carboxylic acid groups (broad SMARTS) is 1. The van der Waals surface area contributed by atoms with Gasteiger partial charge in [0, 0.05) is 13.6 Å². The van der Waals surface area contributed by atoms with Gasteiger partial charge in [0.1, 0.15) is 0 Å². The van der Waals surface area contributed by atoms with E-state index in [1.807, 2.05) is 0 Å². The van der Waals surface area contributed by atoms with E-state index in [-0.39, 0.29) is 23.7 Å². The minimum Gasteiger partial charge on any atom is -0.481 e. The minimum absolute atomic E-state index is 0.133. The van der Waals surface area contributed by atoms with E-state index in [1.165, 1.54) is 25.2 Å². The third-order valence-electron chi connectivity index (χ3n) is 2.22. The summed E-state index contributed by atoms with van der Waals surface area (Å²) >= 11 is 11.5. The smallest absolute Gasteiger partial charge is 0.304 e. The Morgan fingerprint density at radius 2 is 2.00 bits per heavy atom. The highest BCUT2D eigenvalue weighted by Crippen LogP contribution is 2.25. The highest BCUT2D eigenvalue weighted by atomic mass is 35.5. The molecule has 0 radical (unpaired) electrons. The topological polar surface area (TPSA) is 86.7 Å². The molecule has 1 aromatic carbocycles. The fourth-order valence-corrected chi connectivity index (χ4v) is 2.37. The molecule has 0 saturated carbocycles. The van der Waals surface area contributed by atoms with Crippen molar-refractivity contribution < 1.29 is 18.3 Å². The molecule has 0 amide bonds. The van der Waals surface area contributed by atoms with Gasteiger partial charge < -0.3 is 5.11 Å². The van der Waals surface area contributed by atoms with Crippen molar-refractivity contribution >= 4 is 45.1 Å². The number of carbonyl (C=O) groups is 1. The standard InChI is InChI=1S/C10H12Cl2N2O4S/c1-14(5-4-10(15)16)19(17,18)13-7-2-3-8(11)9(12)6-7/h2-3,6,13H,4-5H2,1H3,(H,15,16). The van der Waals surface area contributed by atoms with Crippen LogP contribution in [0, 0.1) is 0 Å². The van der Waals surface area contributed by atoms with Crippen molar-refractivity contribution in [2.75, 3.05) is 18.3 Å². The van der Waals surface area contributed by atoms with Crippen LogP contribution in [0.25, 0.3) is 0 Å². The lowest BCUT2D eigenvalue weighted by molar-refractivity contribution is -0.137. The molecule has 0 bridgehead atoms. The lowest BCUT2D eigenvalue weighted by Crippen LogP contribution is -2.34. The maximum Gasteiger partial charge on any atom is 0.304 e. The average molecular weight is 327 g/mol. The van der Waals surface area contributed by atoms with Crippen LogP contribution < -0.4 is 4.72 Å². The molecule has 0 fully saturated rings. The average Bonchev–Trinajstić information content (AvgIpc) is 2.30. The predicted octanol–water partition coefficient (Wildman–Crippen LogP) is 2.06. The van der Waals surface area contributed by atoms with Gasteiger partial charge in [-0.25, -0.2) is 0 Å². The Labute approximate surface area is 121 Å². The molecule has 6 nitrogen and oxygen atoms in total. The van der Waals surface area contributed by atoms with Crippen molar-refractivity contribution in [1.82, 2.24) is 4.31 Å². The van der Waals surface area contributed by atoms with Crippen molar-refractivity contribution in [2.45, 2.75) is 6.42 Å². The molecule has 0 aliphatic heterocycles. The Balaban J connectivity index is 2.78. The number of rotatable bonds is 6. The molecular weight excluding hydrogens is 315 g/mol. The second kappa shape index (κ2) is 6.42. The van der Waals surface area contributed by atoms with Crippen LogP contribution in [0.2, 0.25) is 10.0 Å². The number of carboxylic acids is 1. The summed E-state index contributed by atoms with van der Waals surface area (Å²) < 4.78 is 26.9. The maximum absolute atomic E-state index is 11.9. The summed E-state index contributed by atoms with van der Waals surface area (Å²) in [7, 11) is -2.54. The first-order valence-corrected chi connectivity index (χ1v) is 7.33. The lowest BCUT2D eigenvalue weighted by Gasteiger charge is -2.17. The SMILES string of the molecule is CN(CCC(=O)O)S(=O)(=O)Nc1ccc(Cl)c(Cl)c1. The molecule has 19 heavy (non-hydrogen) atoms.